The molecule has 0 radical (unpaired) electrons. The number of likely N-dealkylation sites (N-methyl/N-ethyl adjacent to an activating group) is 1. The van der Waals surface area contributed by atoms with Crippen LogP contribution < -0.4 is 11.1 Å². The smallest absolute Gasteiger partial charge is 0.237 e. The van der Waals surface area contributed by atoms with Crippen molar-refractivity contribution in [3.8, 4) is 0 Å². The average molecular weight is 225 g/mol. The van der Waals surface area contributed by atoms with Crippen molar-refractivity contribution < 1.29 is 4.79 Å². The normalized spacial score (nSPS) is 34.6. The SMILES string of the molecule is CNC1(C(N)=O)CCC(N(C)CC2CC2)C1. The Labute approximate surface area is 97.6 Å². The number of nitrogens with one attached hydrogen (secondary N) is 1. The molecule has 2 unspecified atom stereocenters. The monoisotopic (exact) mass is 225 g/mol. The molecule has 0 aromatic rings. The minimum absolute atomic E-state index is 0.197. The second-order valence-corrected chi connectivity index (χ2v) is 5.48. The predicted octanol–water partition coefficient (Wildman–Crippen LogP) is 0.324. The summed E-state index contributed by atoms with van der Waals surface area (Å²) in [5, 5.41) is 3.13. The second kappa shape index (κ2) is 4.34. The summed E-state index contributed by atoms with van der Waals surface area (Å²) >= 11 is 0. The maximum absolute atomic E-state index is 11.5. The van der Waals surface area contributed by atoms with Crippen LogP contribution in [-0.4, -0.2) is 43.0 Å². The summed E-state index contributed by atoms with van der Waals surface area (Å²) in [6.07, 6.45) is 5.57. The van der Waals surface area contributed by atoms with Crippen LogP contribution in [0, 0.1) is 5.92 Å². The van der Waals surface area contributed by atoms with E-state index in [-0.39, 0.29) is 5.91 Å². The fraction of sp³-hybridized carbons (Fsp3) is 0.917. The van der Waals surface area contributed by atoms with E-state index in [1.165, 1.54) is 19.4 Å². The molecule has 0 aliphatic heterocycles. The van der Waals surface area contributed by atoms with Crippen molar-refractivity contribution in [3.63, 3.8) is 0 Å². The first-order valence-electron chi connectivity index (χ1n) is 6.26. The highest BCUT2D eigenvalue weighted by Gasteiger charge is 2.44. The van der Waals surface area contributed by atoms with Gasteiger partial charge in [0, 0.05) is 12.6 Å². The number of primary amides is 1. The minimum Gasteiger partial charge on any atom is -0.368 e. The van der Waals surface area contributed by atoms with Crippen molar-refractivity contribution in [2.75, 3.05) is 20.6 Å². The van der Waals surface area contributed by atoms with Gasteiger partial charge < -0.3 is 16.0 Å². The lowest BCUT2D eigenvalue weighted by molar-refractivity contribution is -0.124. The zero-order chi connectivity index (χ0) is 11.8. The van der Waals surface area contributed by atoms with Crippen LogP contribution in [0.5, 0.6) is 0 Å². The summed E-state index contributed by atoms with van der Waals surface area (Å²) < 4.78 is 0. The van der Waals surface area contributed by atoms with E-state index in [1.807, 2.05) is 7.05 Å². The van der Waals surface area contributed by atoms with E-state index in [0.717, 1.165) is 25.2 Å². The van der Waals surface area contributed by atoms with Crippen molar-refractivity contribution in [3.05, 3.63) is 0 Å². The first-order chi connectivity index (χ1) is 7.57. The molecule has 0 aromatic heterocycles. The van der Waals surface area contributed by atoms with Gasteiger partial charge in [0.25, 0.3) is 0 Å². The number of carbonyl (C=O) groups is 1. The van der Waals surface area contributed by atoms with Crippen LogP contribution in [0.15, 0.2) is 0 Å². The lowest BCUT2D eigenvalue weighted by Gasteiger charge is -2.28. The summed E-state index contributed by atoms with van der Waals surface area (Å²) in [5.41, 5.74) is 5.04. The molecule has 0 bridgehead atoms. The van der Waals surface area contributed by atoms with E-state index in [2.05, 4.69) is 17.3 Å². The number of carbonyl (C=O) groups excluding carboxylic acids is 1. The van der Waals surface area contributed by atoms with Crippen LogP contribution >= 0.6 is 0 Å². The van der Waals surface area contributed by atoms with E-state index in [0.29, 0.717) is 6.04 Å². The number of amides is 1. The highest BCUT2D eigenvalue weighted by atomic mass is 16.1. The Kier molecular flexibility index (Phi) is 3.22. The maximum atomic E-state index is 11.5. The Morgan fingerprint density at radius 2 is 2.19 bits per heavy atom. The summed E-state index contributed by atoms with van der Waals surface area (Å²) in [4.78, 5) is 13.9. The Hall–Kier alpha value is -0.610. The number of rotatable bonds is 5. The van der Waals surface area contributed by atoms with E-state index in [1.54, 1.807) is 0 Å². The highest BCUT2D eigenvalue weighted by molar-refractivity contribution is 5.85. The van der Waals surface area contributed by atoms with Crippen molar-refractivity contribution in [2.45, 2.75) is 43.7 Å². The van der Waals surface area contributed by atoms with Gasteiger partial charge in [0.2, 0.25) is 5.91 Å². The largest absolute Gasteiger partial charge is 0.368 e. The number of hydrogen-bond acceptors (Lipinski definition) is 3. The molecule has 92 valence electrons. The first-order valence-corrected chi connectivity index (χ1v) is 6.26. The summed E-state index contributed by atoms with van der Waals surface area (Å²) in [6.45, 7) is 1.18. The standard InChI is InChI=1S/C12H23N3O/c1-14-12(11(13)16)6-5-10(7-12)15(2)8-9-3-4-9/h9-10,14H,3-8H2,1-2H3,(H2,13,16). The van der Waals surface area contributed by atoms with Gasteiger partial charge in [0.1, 0.15) is 0 Å². The van der Waals surface area contributed by atoms with Gasteiger partial charge in [-0.05, 0) is 52.1 Å². The van der Waals surface area contributed by atoms with Crippen LogP contribution in [0.4, 0.5) is 0 Å². The molecule has 2 aliphatic rings. The third-order valence-corrected chi connectivity index (χ3v) is 4.31. The van der Waals surface area contributed by atoms with E-state index in [4.69, 9.17) is 5.73 Å². The highest BCUT2D eigenvalue weighted by Crippen LogP contribution is 2.35. The van der Waals surface area contributed by atoms with Crippen molar-refractivity contribution in [2.24, 2.45) is 11.7 Å². The van der Waals surface area contributed by atoms with Gasteiger partial charge in [-0.1, -0.05) is 0 Å². The lowest BCUT2D eigenvalue weighted by Crippen LogP contribution is -2.53. The fourth-order valence-corrected chi connectivity index (χ4v) is 2.83. The number of nitrogens with zero attached hydrogens (tertiary/aromatic N) is 1. The summed E-state index contributed by atoms with van der Waals surface area (Å²) in [6, 6.07) is 0.514. The van der Waals surface area contributed by atoms with E-state index in [9.17, 15) is 4.79 Å². The van der Waals surface area contributed by atoms with Crippen LogP contribution in [0.2, 0.25) is 0 Å². The molecule has 2 rings (SSSR count). The topological polar surface area (TPSA) is 58.4 Å². The molecule has 4 nitrogen and oxygen atoms in total. The zero-order valence-electron chi connectivity index (χ0n) is 10.3. The molecule has 3 N–H and O–H groups in total. The molecular weight excluding hydrogens is 202 g/mol. The predicted molar refractivity (Wildman–Crippen MR) is 64.0 cm³/mol. The van der Waals surface area contributed by atoms with Gasteiger partial charge >= 0.3 is 0 Å². The molecule has 2 atom stereocenters. The molecule has 0 aromatic carbocycles. The quantitative estimate of drug-likeness (QED) is 0.708. The average Bonchev–Trinajstić information content (AvgIpc) is 2.95. The van der Waals surface area contributed by atoms with Gasteiger partial charge in [0.15, 0.2) is 0 Å². The molecule has 0 heterocycles. The van der Waals surface area contributed by atoms with Crippen molar-refractivity contribution in [1.82, 2.24) is 10.2 Å². The number of hydrogen-bond donors (Lipinski definition) is 2. The molecular formula is C12H23N3O. The van der Waals surface area contributed by atoms with Gasteiger partial charge in [0.05, 0.1) is 5.54 Å². The lowest BCUT2D eigenvalue weighted by atomic mass is 9.96. The van der Waals surface area contributed by atoms with E-state index >= 15 is 0 Å². The molecule has 2 saturated carbocycles. The maximum Gasteiger partial charge on any atom is 0.237 e. The molecule has 0 saturated heterocycles. The van der Waals surface area contributed by atoms with E-state index < -0.39 is 5.54 Å². The first kappa shape index (κ1) is 11.9. The van der Waals surface area contributed by atoms with Crippen molar-refractivity contribution >= 4 is 5.91 Å². The minimum atomic E-state index is -0.456. The Balaban J connectivity index is 1.92. The zero-order valence-corrected chi connectivity index (χ0v) is 10.3. The fourth-order valence-electron chi connectivity index (χ4n) is 2.83. The third-order valence-electron chi connectivity index (χ3n) is 4.31. The molecule has 2 aliphatic carbocycles. The van der Waals surface area contributed by atoms with Crippen LogP contribution in [0.25, 0.3) is 0 Å². The molecule has 2 fully saturated rings. The Morgan fingerprint density at radius 3 is 2.62 bits per heavy atom. The van der Waals surface area contributed by atoms with Crippen LogP contribution in [0.3, 0.4) is 0 Å². The molecule has 0 spiro atoms. The van der Waals surface area contributed by atoms with Crippen LogP contribution in [-0.2, 0) is 4.79 Å². The number of nitrogens with two attached hydrogens (primary N) is 1. The molecule has 16 heavy (non-hydrogen) atoms. The molecule has 1 amide bonds. The van der Waals surface area contributed by atoms with Gasteiger partial charge in [-0.3, -0.25) is 4.79 Å². The summed E-state index contributed by atoms with van der Waals surface area (Å²) in [5.74, 6) is 0.709. The second-order valence-electron chi connectivity index (χ2n) is 5.48. The van der Waals surface area contributed by atoms with Gasteiger partial charge in [-0.15, -0.1) is 0 Å². The van der Waals surface area contributed by atoms with Crippen molar-refractivity contribution in [1.29, 1.82) is 0 Å². The third kappa shape index (κ3) is 2.23. The van der Waals surface area contributed by atoms with Gasteiger partial charge in [-0.2, -0.15) is 0 Å². The Morgan fingerprint density at radius 1 is 1.50 bits per heavy atom. The van der Waals surface area contributed by atoms with Crippen LogP contribution in [0.1, 0.15) is 32.1 Å². The Bertz CT molecular complexity index is 277. The van der Waals surface area contributed by atoms with Gasteiger partial charge in [-0.25, -0.2) is 0 Å². The molecule has 4 heteroatoms. The summed E-state index contributed by atoms with van der Waals surface area (Å²) in [7, 11) is 4.02.